The van der Waals surface area contributed by atoms with Gasteiger partial charge in [-0.3, -0.25) is 4.79 Å². The molecule has 1 atom stereocenters. The minimum Gasteiger partial charge on any atom is -0.481 e. The minimum atomic E-state index is -0.500. The van der Waals surface area contributed by atoms with Crippen LogP contribution in [0.15, 0.2) is 42.5 Å². The van der Waals surface area contributed by atoms with Crippen LogP contribution in [0.2, 0.25) is 0 Å². The number of hydrogen-bond donors (Lipinski definition) is 1. The molecule has 118 valence electrons. The number of carbonyl (C=O) groups is 1. The standard InChI is InChI=1S/C18H24N2O2/c1-14(18(21)19-11-6-12-20(2)3)22-17-10-9-15-7-4-5-8-16(15)13-17/h4-5,7-10,13-14H,6,11-12H2,1-3H3,(H,19,21)/t14-/m1/s1. The summed E-state index contributed by atoms with van der Waals surface area (Å²) in [6.07, 6.45) is 0.432. The molecule has 4 heteroatoms. The number of fused-ring (bicyclic) bond motifs is 1. The SMILES string of the molecule is C[C@@H](Oc1ccc2ccccc2c1)C(=O)NCCCN(C)C. The van der Waals surface area contributed by atoms with Gasteiger partial charge in [0.25, 0.3) is 5.91 Å². The van der Waals surface area contributed by atoms with Gasteiger partial charge in [-0.1, -0.05) is 30.3 Å². The largest absolute Gasteiger partial charge is 0.481 e. The van der Waals surface area contributed by atoms with E-state index in [1.807, 2.05) is 50.5 Å². The Morgan fingerprint density at radius 1 is 1.18 bits per heavy atom. The Hall–Kier alpha value is -2.07. The average Bonchev–Trinajstić information content (AvgIpc) is 2.51. The summed E-state index contributed by atoms with van der Waals surface area (Å²) in [7, 11) is 4.04. The zero-order valence-corrected chi connectivity index (χ0v) is 13.5. The summed E-state index contributed by atoms with van der Waals surface area (Å²) in [5, 5.41) is 5.18. The first kappa shape index (κ1) is 16.3. The zero-order chi connectivity index (χ0) is 15.9. The topological polar surface area (TPSA) is 41.6 Å². The van der Waals surface area contributed by atoms with Crippen LogP contribution in [-0.2, 0) is 4.79 Å². The third-order valence-corrected chi connectivity index (χ3v) is 3.48. The van der Waals surface area contributed by atoms with Gasteiger partial charge in [-0.25, -0.2) is 0 Å². The van der Waals surface area contributed by atoms with Gasteiger partial charge in [0.15, 0.2) is 6.10 Å². The Labute approximate surface area is 132 Å². The molecule has 0 radical (unpaired) electrons. The lowest BCUT2D eigenvalue weighted by molar-refractivity contribution is -0.127. The van der Waals surface area contributed by atoms with E-state index in [4.69, 9.17) is 4.74 Å². The normalized spacial score (nSPS) is 12.4. The Morgan fingerprint density at radius 3 is 2.64 bits per heavy atom. The molecule has 0 aliphatic heterocycles. The first-order chi connectivity index (χ1) is 10.6. The highest BCUT2D eigenvalue weighted by Gasteiger charge is 2.14. The van der Waals surface area contributed by atoms with E-state index >= 15 is 0 Å². The number of amides is 1. The van der Waals surface area contributed by atoms with Gasteiger partial charge in [-0.05, 0) is 56.9 Å². The van der Waals surface area contributed by atoms with Crippen molar-refractivity contribution in [1.29, 1.82) is 0 Å². The smallest absolute Gasteiger partial charge is 0.260 e. The number of ether oxygens (including phenoxy) is 1. The van der Waals surface area contributed by atoms with Crippen molar-refractivity contribution in [1.82, 2.24) is 10.2 Å². The summed E-state index contributed by atoms with van der Waals surface area (Å²) >= 11 is 0. The summed E-state index contributed by atoms with van der Waals surface area (Å²) in [6, 6.07) is 14.0. The Balaban J connectivity index is 1.86. The van der Waals surface area contributed by atoms with Crippen molar-refractivity contribution in [2.45, 2.75) is 19.4 Å². The van der Waals surface area contributed by atoms with Crippen LogP contribution in [0.5, 0.6) is 5.75 Å². The molecule has 0 saturated carbocycles. The summed E-state index contributed by atoms with van der Waals surface area (Å²) in [6.45, 7) is 3.40. The van der Waals surface area contributed by atoms with Gasteiger partial charge >= 0.3 is 0 Å². The summed E-state index contributed by atoms with van der Waals surface area (Å²) < 4.78 is 5.74. The zero-order valence-electron chi connectivity index (χ0n) is 13.5. The maximum Gasteiger partial charge on any atom is 0.260 e. The second kappa shape index (κ2) is 7.80. The van der Waals surface area contributed by atoms with Gasteiger partial charge < -0.3 is 15.0 Å². The van der Waals surface area contributed by atoms with Crippen LogP contribution < -0.4 is 10.1 Å². The molecule has 0 aliphatic rings. The number of carbonyl (C=O) groups excluding carboxylic acids is 1. The van der Waals surface area contributed by atoms with Crippen LogP contribution in [0, 0.1) is 0 Å². The highest BCUT2D eigenvalue weighted by Crippen LogP contribution is 2.21. The van der Waals surface area contributed by atoms with E-state index in [-0.39, 0.29) is 5.91 Å². The Kier molecular flexibility index (Phi) is 5.78. The van der Waals surface area contributed by atoms with Crippen molar-refractivity contribution in [3.8, 4) is 5.75 Å². The van der Waals surface area contributed by atoms with Gasteiger partial charge in [0, 0.05) is 6.54 Å². The lowest BCUT2D eigenvalue weighted by Crippen LogP contribution is -2.37. The van der Waals surface area contributed by atoms with Crippen molar-refractivity contribution < 1.29 is 9.53 Å². The molecule has 0 bridgehead atoms. The van der Waals surface area contributed by atoms with E-state index in [0.717, 1.165) is 29.5 Å². The summed E-state index contributed by atoms with van der Waals surface area (Å²) in [5.74, 6) is 0.640. The second-order valence-electron chi connectivity index (χ2n) is 5.72. The third-order valence-electron chi connectivity index (χ3n) is 3.48. The summed E-state index contributed by atoms with van der Waals surface area (Å²) in [5.41, 5.74) is 0. The van der Waals surface area contributed by atoms with E-state index in [0.29, 0.717) is 6.54 Å². The number of nitrogens with zero attached hydrogens (tertiary/aromatic N) is 1. The molecule has 4 nitrogen and oxygen atoms in total. The lowest BCUT2D eigenvalue weighted by Gasteiger charge is -2.16. The van der Waals surface area contributed by atoms with E-state index < -0.39 is 6.10 Å². The lowest BCUT2D eigenvalue weighted by atomic mass is 10.1. The third kappa shape index (κ3) is 4.74. The van der Waals surface area contributed by atoms with Crippen molar-refractivity contribution in [2.24, 2.45) is 0 Å². The quantitative estimate of drug-likeness (QED) is 0.799. The highest BCUT2D eigenvalue weighted by atomic mass is 16.5. The first-order valence-corrected chi connectivity index (χ1v) is 7.64. The van der Waals surface area contributed by atoms with Crippen molar-refractivity contribution in [3.05, 3.63) is 42.5 Å². The van der Waals surface area contributed by atoms with Gasteiger partial charge in [0.05, 0.1) is 0 Å². The van der Waals surface area contributed by atoms with Gasteiger partial charge in [0.2, 0.25) is 0 Å². The van der Waals surface area contributed by atoms with E-state index in [1.54, 1.807) is 6.92 Å². The maximum atomic E-state index is 12.0. The molecule has 0 unspecified atom stereocenters. The van der Waals surface area contributed by atoms with Gasteiger partial charge in [-0.15, -0.1) is 0 Å². The fourth-order valence-electron chi connectivity index (χ4n) is 2.25. The molecule has 2 aromatic rings. The molecule has 0 heterocycles. The molecule has 0 spiro atoms. The van der Waals surface area contributed by atoms with Crippen LogP contribution in [0.25, 0.3) is 10.8 Å². The van der Waals surface area contributed by atoms with Crippen LogP contribution in [0.4, 0.5) is 0 Å². The molecule has 22 heavy (non-hydrogen) atoms. The predicted octanol–water partition coefficient (Wildman–Crippen LogP) is 2.68. The van der Waals surface area contributed by atoms with E-state index in [1.165, 1.54) is 0 Å². The molecule has 1 N–H and O–H groups in total. The average molecular weight is 300 g/mol. The van der Waals surface area contributed by atoms with Crippen LogP contribution in [0.1, 0.15) is 13.3 Å². The molecule has 0 aromatic heterocycles. The number of benzene rings is 2. The van der Waals surface area contributed by atoms with Gasteiger partial charge in [-0.2, -0.15) is 0 Å². The molecule has 0 fully saturated rings. The van der Waals surface area contributed by atoms with Crippen LogP contribution in [-0.4, -0.2) is 44.1 Å². The van der Waals surface area contributed by atoms with Crippen molar-refractivity contribution in [3.63, 3.8) is 0 Å². The molecule has 2 aromatic carbocycles. The molecule has 2 rings (SSSR count). The number of rotatable bonds is 7. The molecular formula is C18H24N2O2. The maximum absolute atomic E-state index is 12.0. The molecule has 0 aliphatic carbocycles. The Bertz CT molecular complexity index is 625. The van der Waals surface area contributed by atoms with Crippen LogP contribution in [0.3, 0.4) is 0 Å². The predicted molar refractivity (Wildman–Crippen MR) is 90.2 cm³/mol. The monoisotopic (exact) mass is 300 g/mol. The van der Waals surface area contributed by atoms with E-state index in [2.05, 4.69) is 16.3 Å². The number of hydrogen-bond acceptors (Lipinski definition) is 3. The fourth-order valence-corrected chi connectivity index (χ4v) is 2.25. The highest BCUT2D eigenvalue weighted by molar-refractivity contribution is 5.84. The van der Waals surface area contributed by atoms with Crippen molar-refractivity contribution >= 4 is 16.7 Å². The fraction of sp³-hybridized carbons (Fsp3) is 0.389. The van der Waals surface area contributed by atoms with Crippen LogP contribution >= 0.6 is 0 Å². The molecular weight excluding hydrogens is 276 g/mol. The van der Waals surface area contributed by atoms with E-state index in [9.17, 15) is 4.79 Å². The second-order valence-corrected chi connectivity index (χ2v) is 5.72. The Morgan fingerprint density at radius 2 is 1.91 bits per heavy atom. The van der Waals surface area contributed by atoms with Gasteiger partial charge in [0.1, 0.15) is 5.75 Å². The van der Waals surface area contributed by atoms with Crippen molar-refractivity contribution in [2.75, 3.05) is 27.2 Å². The first-order valence-electron chi connectivity index (χ1n) is 7.64. The molecule has 0 saturated heterocycles. The number of nitrogens with one attached hydrogen (secondary N) is 1. The minimum absolute atomic E-state index is 0.0769. The summed E-state index contributed by atoms with van der Waals surface area (Å²) in [4.78, 5) is 14.1. The molecule has 1 amide bonds.